The SMILES string of the molecule is CCOC(=O)/C=C/CNC1CC2CCCC(C1)N2C. The summed E-state index contributed by atoms with van der Waals surface area (Å²) in [7, 11) is 2.27. The highest BCUT2D eigenvalue weighted by molar-refractivity contribution is 5.81. The van der Waals surface area contributed by atoms with E-state index in [4.69, 9.17) is 4.74 Å². The quantitative estimate of drug-likeness (QED) is 0.607. The van der Waals surface area contributed by atoms with Crippen molar-refractivity contribution in [3.8, 4) is 0 Å². The van der Waals surface area contributed by atoms with Crippen molar-refractivity contribution in [1.29, 1.82) is 0 Å². The predicted octanol–water partition coefficient (Wildman–Crippen LogP) is 1.71. The Morgan fingerprint density at radius 3 is 2.68 bits per heavy atom. The van der Waals surface area contributed by atoms with E-state index in [1.54, 1.807) is 0 Å². The van der Waals surface area contributed by atoms with E-state index in [9.17, 15) is 4.79 Å². The first-order valence-corrected chi connectivity index (χ1v) is 7.49. The molecule has 19 heavy (non-hydrogen) atoms. The number of carbonyl (C=O) groups excluding carboxylic acids is 1. The van der Waals surface area contributed by atoms with Crippen molar-refractivity contribution in [2.75, 3.05) is 20.2 Å². The molecule has 0 aromatic rings. The van der Waals surface area contributed by atoms with Gasteiger partial charge in [0.15, 0.2) is 0 Å². The van der Waals surface area contributed by atoms with Crippen LogP contribution in [0.25, 0.3) is 0 Å². The molecule has 2 rings (SSSR count). The number of hydrogen-bond acceptors (Lipinski definition) is 4. The second-order valence-corrected chi connectivity index (χ2v) is 5.64. The zero-order chi connectivity index (χ0) is 13.7. The van der Waals surface area contributed by atoms with Crippen LogP contribution in [0.15, 0.2) is 12.2 Å². The number of rotatable bonds is 5. The highest BCUT2D eigenvalue weighted by Crippen LogP contribution is 2.32. The van der Waals surface area contributed by atoms with Crippen molar-refractivity contribution in [3.05, 3.63) is 12.2 Å². The fraction of sp³-hybridized carbons (Fsp3) is 0.800. The third kappa shape index (κ3) is 4.05. The van der Waals surface area contributed by atoms with Gasteiger partial charge in [0, 0.05) is 30.7 Å². The van der Waals surface area contributed by atoms with Crippen LogP contribution in [0, 0.1) is 0 Å². The topological polar surface area (TPSA) is 41.6 Å². The van der Waals surface area contributed by atoms with Gasteiger partial charge in [-0.1, -0.05) is 12.5 Å². The zero-order valence-electron chi connectivity index (χ0n) is 12.1. The average molecular weight is 266 g/mol. The molecule has 1 N–H and O–H groups in total. The average Bonchev–Trinajstić information content (AvgIpc) is 2.36. The second kappa shape index (κ2) is 7.06. The van der Waals surface area contributed by atoms with E-state index >= 15 is 0 Å². The lowest BCUT2D eigenvalue weighted by atomic mass is 9.82. The largest absolute Gasteiger partial charge is 0.463 e. The zero-order valence-corrected chi connectivity index (χ0v) is 12.1. The molecule has 2 atom stereocenters. The molecule has 0 saturated carbocycles. The van der Waals surface area contributed by atoms with Gasteiger partial charge < -0.3 is 15.0 Å². The molecule has 2 bridgehead atoms. The molecule has 0 aliphatic carbocycles. The third-order valence-electron chi connectivity index (χ3n) is 4.40. The maximum absolute atomic E-state index is 11.2. The van der Waals surface area contributed by atoms with Gasteiger partial charge in [0.2, 0.25) is 0 Å². The van der Waals surface area contributed by atoms with Crippen LogP contribution in [0.5, 0.6) is 0 Å². The van der Waals surface area contributed by atoms with Crippen molar-refractivity contribution in [1.82, 2.24) is 10.2 Å². The van der Waals surface area contributed by atoms with Gasteiger partial charge in [-0.15, -0.1) is 0 Å². The fourth-order valence-corrected chi connectivity index (χ4v) is 3.36. The van der Waals surface area contributed by atoms with Crippen LogP contribution in [0.1, 0.15) is 39.0 Å². The Labute approximate surface area is 116 Å². The van der Waals surface area contributed by atoms with Gasteiger partial charge in [0.05, 0.1) is 6.61 Å². The minimum absolute atomic E-state index is 0.246. The van der Waals surface area contributed by atoms with E-state index in [1.165, 1.54) is 38.2 Å². The van der Waals surface area contributed by atoms with E-state index in [1.807, 2.05) is 13.0 Å². The molecule has 2 heterocycles. The molecule has 4 heteroatoms. The Kier molecular flexibility index (Phi) is 5.40. The Hall–Kier alpha value is -0.870. The first-order chi connectivity index (χ1) is 9.20. The van der Waals surface area contributed by atoms with Gasteiger partial charge in [-0.3, -0.25) is 0 Å². The van der Waals surface area contributed by atoms with Crippen LogP contribution in [0.3, 0.4) is 0 Å². The summed E-state index contributed by atoms with van der Waals surface area (Å²) < 4.78 is 4.85. The van der Waals surface area contributed by atoms with E-state index < -0.39 is 0 Å². The highest BCUT2D eigenvalue weighted by atomic mass is 16.5. The Morgan fingerprint density at radius 1 is 1.37 bits per heavy atom. The minimum atomic E-state index is -0.246. The Bertz CT molecular complexity index is 316. The van der Waals surface area contributed by atoms with Crippen molar-refractivity contribution >= 4 is 5.97 Å². The lowest BCUT2D eigenvalue weighted by Crippen LogP contribution is -2.54. The molecular weight excluding hydrogens is 240 g/mol. The van der Waals surface area contributed by atoms with Crippen molar-refractivity contribution < 1.29 is 9.53 Å². The Balaban J connectivity index is 1.71. The highest BCUT2D eigenvalue weighted by Gasteiger charge is 2.35. The second-order valence-electron chi connectivity index (χ2n) is 5.64. The smallest absolute Gasteiger partial charge is 0.330 e. The third-order valence-corrected chi connectivity index (χ3v) is 4.40. The minimum Gasteiger partial charge on any atom is -0.463 e. The molecule has 0 aromatic heterocycles. The van der Waals surface area contributed by atoms with Crippen LogP contribution >= 0.6 is 0 Å². The molecule has 0 amide bonds. The van der Waals surface area contributed by atoms with Crippen LogP contribution in [0.2, 0.25) is 0 Å². The Morgan fingerprint density at radius 2 is 2.05 bits per heavy atom. The summed E-state index contributed by atoms with van der Waals surface area (Å²) in [4.78, 5) is 13.7. The normalized spacial score (nSPS) is 31.6. The molecule has 2 saturated heterocycles. The van der Waals surface area contributed by atoms with Gasteiger partial charge in [0.1, 0.15) is 0 Å². The van der Waals surface area contributed by atoms with Crippen molar-refractivity contribution in [2.24, 2.45) is 0 Å². The number of esters is 1. The molecule has 2 fully saturated rings. The van der Waals surface area contributed by atoms with Gasteiger partial charge in [-0.25, -0.2) is 4.79 Å². The molecule has 0 radical (unpaired) electrons. The summed E-state index contributed by atoms with van der Waals surface area (Å²) in [6.45, 7) is 3.02. The van der Waals surface area contributed by atoms with Gasteiger partial charge >= 0.3 is 5.97 Å². The van der Waals surface area contributed by atoms with Crippen LogP contribution < -0.4 is 5.32 Å². The number of hydrogen-bond donors (Lipinski definition) is 1. The van der Waals surface area contributed by atoms with E-state index in [0.717, 1.165) is 18.6 Å². The first-order valence-electron chi connectivity index (χ1n) is 7.49. The van der Waals surface area contributed by atoms with E-state index in [0.29, 0.717) is 12.6 Å². The number of ether oxygens (including phenoxy) is 1. The van der Waals surface area contributed by atoms with Gasteiger partial charge in [-0.05, 0) is 39.7 Å². The number of fused-ring (bicyclic) bond motifs is 2. The van der Waals surface area contributed by atoms with Gasteiger partial charge in [-0.2, -0.15) is 0 Å². The molecule has 0 spiro atoms. The first kappa shape index (κ1) is 14.5. The summed E-state index contributed by atoms with van der Waals surface area (Å²) >= 11 is 0. The number of nitrogens with zero attached hydrogens (tertiary/aromatic N) is 1. The lowest BCUT2D eigenvalue weighted by molar-refractivity contribution is -0.137. The molecule has 0 aromatic carbocycles. The van der Waals surface area contributed by atoms with Crippen LogP contribution in [-0.4, -0.2) is 49.2 Å². The summed E-state index contributed by atoms with van der Waals surface area (Å²) in [6, 6.07) is 2.09. The van der Waals surface area contributed by atoms with Crippen LogP contribution in [0.4, 0.5) is 0 Å². The van der Waals surface area contributed by atoms with Crippen LogP contribution in [-0.2, 0) is 9.53 Å². The number of nitrogens with one attached hydrogen (secondary N) is 1. The van der Waals surface area contributed by atoms with E-state index in [-0.39, 0.29) is 5.97 Å². The van der Waals surface area contributed by atoms with Crippen molar-refractivity contribution in [2.45, 2.75) is 57.2 Å². The summed E-state index contributed by atoms with van der Waals surface area (Å²) in [6.07, 6.45) is 9.92. The van der Waals surface area contributed by atoms with Gasteiger partial charge in [0.25, 0.3) is 0 Å². The molecule has 2 unspecified atom stereocenters. The number of piperidine rings is 2. The molecular formula is C15H26N2O2. The monoisotopic (exact) mass is 266 g/mol. The standard InChI is InChI=1S/C15H26N2O2/c1-3-19-15(18)8-5-9-16-12-10-13-6-4-7-14(11-12)17(13)2/h5,8,12-14,16H,3-4,6-7,9-11H2,1-2H3/b8-5+. The number of carbonyl (C=O) groups is 1. The maximum Gasteiger partial charge on any atom is 0.330 e. The fourth-order valence-electron chi connectivity index (χ4n) is 3.36. The summed E-state index contributed by atoms with van der Waals surface area (Å²) in [5, 5.41) is 3.55. The predicted molar refractivity (Wildman–Crippen MR) is 76.0 cm³/mol. The molecule has 2 aliphatic heterocycles. The van der Waals surface area contributed by atoms with E-state index in [2.05, 4.69) is 17.3 Å². The molecule has 4 nitrogen and oxygen atoms in total. The lowest BCUT2D eigenvalue weighted by Gasteiger charge is -2.47. The molecule has 2 aliphatic rings. The maximum atomic E-state index is 11.2. The molecule has 108 valence electrons. The van der Waals surface area contributed by atoms with Crippen molar-refractivity contribution in [3.63, 3.8) is 0 Å². The summed E-state index contributed by atoms with van der Waals surface area (Å²) in [5.41, 5.74) is 0. The summed E-state index contributed by atoms with van der Waals surface area (Å²) in [5.74, 6) is -0.246.